The fourth-order valence-corrected chi connectivity index (χ4v) is 4.35. The van der Waals surface area contributed by atoms with Crippen LogP contribution in [0.25, 0.3) is 0 Å². The van der Waals surface area contributed by atoms with Crippen molar-refractivity contribution >= 4 is 17.6 Å². The molecule has 2 heterocycles. The van der Waals surface area contributed by atoms with Gasteiger partial charge in [-0.3, -0.25) is 9.59 Å². The Morgan fingerprint density at radius 3 is 2.66 bits per heavy atom. The molecule has 1 amide bonds. The fraction of sp³-hybridized carbons (Fsp3) is 0.545. The number of phenolic OH excluding ortho intramolecular Hbond substituents is 1. The van der Waals surface area contributed by atoms with Crippen molar-refractivity contribution in [2.75, 3.05) is 18.4 Å². The van der Waals surface area contributed by atoms with Gasteiger partial charge in [0, 0.05) is 18.9 Å². The molecule has 0 spiro atoms. The molecule has 0 aliphatic carbocycles. The van der Waals surface area contributed by atoms with Crippen LogP contribution in [0.15, 0.2) is 36.4 Å². The summed E-state index contributed by atoms with van der Waals surface area (Å²) in [5.41, 5.74) is 0.411. The highest BCUT2D eigenvalue weighted by atomic mass is 16.5. The number of fused-ring (bicyclic) bond motifs is 2. The van der Waals surface area contributed by atoms with Gasteiger partial charge in [0.05, 0.1) is 24.4 Å². The second kappa shape index (κ2) is 10.4. The van der Waals surface area contributed by atoms with Crippen LogP contribution in [0.1, 0.15) is 38.5 Å². The van der Waals surface area contributed by atoms with E-state index in [0.29, 0.717) is 30.5 Å². The number of phenols is 1. The number of nitrogens with one attached hydrogen (secondary N) is 2. The predicted octanol–water partition coefficient (Wildman–Crippen LogP) is 2.92. The van der Waals surface area contributed by atoms with Gasteiger partial charge in [-0.1, -0.05) is 24.3 Å². The maximum Gasteiger partial charge on any atom is 0.303 e. The van der Waals surface area contributed by atoms with Gasteiger partial charge in [0.25, 0.3) is 0 Å². The van der Waals surface area contributed by atoms with E-state index in [2.05, 4.69) is 22.8 Å². The highest BCUT2D eigenvalue weighted by Crippen LogP contribution is 2.44. The number of anilines is 1. The third-order valence-electron chi connectivity index (χ3n) is 5.77. The number of carboxylic acid groups (broad SMARTS) is 1. The monoisotopic (exact) mass is 402 g/mol. The molecule has 3 rings (SSSR count). The molecule has 4 atom stereocenters. The lowest BCUT2D eigenvalue weighted by atomic mass is 9.77. The summed E-state index contributed by atoms with van der Waals surface area (Å²) < 4.78 is 6.09. The zero-order valence-corrected chi connectivity index (χ0v) is 16.5. The Hall–Kier alpha value is -2.38. The zero-order valence-electron chi connectivity index (χ0n) is 16.5. The minimum absolute atomic E-state index is 0.0533. The number of benzene rings is 1. The number of aliphatic carboxylic acids is 1. The fourth-order valence-electron chi connectivity index (χ4n) is 4.35. The summed E-state index contributed by atoms with van der Waals surface area (Å²) in [5.74, 6) is -0.0888. The van der Waals surface area contributed by atoms with Crippen molar-refractivity contribution in [3.8, 4) is 5.75 Å². The van der Waals surface area contributed by atoms with Crippen LogP contribution >= 0.6 is 0 Å². The van der Waals surface area contributed by atoms with Crippen LogP contribution in [-0.4, -0.2) is 47.4 Å². The van der Waals surface area contributed by atoms with Gasteiger partial charge in [-0.15, -0.1) is 0 Å². The second-order valence-corrected chi connectivity index (χ2v) is 7.81. The molecule has 4 N–H and O–H groups in total. The first kappa shape index (κ1) is 21.3. The summed E-state index contributed by atoms with van der Waals surface area (Å²) in [4.78, 5) is 22.7. The quantitative estimate of drug-likeness (QED) is 0.258. The molecule has 2 aliphatic rings. The molecule has 2 fully saturated rings. The molecule has 158 valence electrons. The van der Waals surface area contributed by atoms with Crippen LogP contribution in [-0.2, 0) is 14.3 Å². The standard InChI is InChI=1S/C22H30N2O5/c25-18-9-6-5-8-17(18)24-21(26)14-23-13-16-15(19-11-12-20(16)29-19)7-3-1-2-4-10-22(27)28/h1,3,5-6,8-9,15-16,19-20,23,25H,2,4,7,10-14H2,(H,24,26)(H,27,28)/t15-,16+,19-,20+/m1/s1. The van der Waals surface area contributed by atoms with Gasteiger partial charge in [-0.25, -0.2) is 0 Å². The number of hydrogen-bond acceptors (Lipinski definition) is 5. The van der Waals surface area contributed by atoms with Crippen molar-refractivity contribution in [1.82, 2.24) is 5.32 Å². The largest absolute Gasteiger partial charge is 0.506 e. The van der Waals surface area contributed by atoms with Crippen LogP contribution in [0.4, 0.5) is 5.69 Å². The Morgan fingerprint density at radius 2 is 1.90 bits per heavy atom. The molecule has 0 radical (unpaired) electrons. The van der Waals surface area contributed by atoms with Crippen molar-refractivity contribution in [2.24, 2.45) is 11.8 Å². The topological polar surface area (TPSA) is 108 Å². The number of carbonyl (C=O) groups is 2. The number of para-hydroxylation sites is 2. The highest BCUT2D eigenvalue weighted by Gasteiger charge is 2.47. The molecular weight excluding hydrogens is 372 g/mol. The Balaban J connectivity index is 1.41. The number of allylic oxidation sites excluding steroid dienone is 2. The molecule has 1 aromatic carbocycles. The molecule has 2 aliphatic heterocycles. The number of aromatic hydroxyl groups is 1. The second-order valence-electron chi connectivity index (χ2n) is 7.81. The Kier molecular flexibility index (Phi) is 7.66. The van der Waals surface area contributed by atoms with Crippen molar-refractivity contribution in [2.45, 2.75) is 50.7 Å². The van der Waals surface area contributed by atoms with E-state index in [1.54, 1.807) is 18.2 Å². The van der Waals surface area contributed by atoms with E-state index in [9.17, 15) is 14.7 Å². The smallest absolute Gasteiger partial charge is 0.303 e. The van der Waals surface area contributed by atoms with E-state index >= 15 is 0 Å². The number of hydrogen-bond donors (Lipinski definition) is 4. The van der Waals surface area contributed by atoms with Gasteiger partial charge >= 0.3 is 5.97 Å². The van der Waals surface area contributed by atoms with Crippen molar-refractivity contribution in [3.63, 3.8) is 0 Å². The van der Waals surface area contributed by atoms with E-state index in [1.165, 1.54) is 6.07 Å². The van der Waals surface area contributed by atoms with Crippen LogP contribution in [0.5, 0.6) is 5.75 Å². The summed E-state index contributed by atoms with van der Waals surface area (Å²) in [6.45, 7) is 0.896. The van der Waals surface area contributed by atoms with E-state index in [4.69, 9.17) is 9.84 Å². The molecule has 29 heavy (non-hydrogen) atoms. The third kappa shape index (κ3) is 6.05. The maximum atomic E-state index is 12.1. The number of unbranched alkanes of at least 4 members (excludes halogenated alkanes) is 1. The third-order valence-corrected chi connectivity index (χ3v) is 5.77. The minimum atomic E-state index is -0.752. The molecule has 0 unspecified atom stereocenters. The summed E-state index contributed by atoms with van der Waals surface area (Å²) in [7, 11) is 0. The molecule has 0 aromatic heterocycles. The molecule has 7 nitrogen and oxygen atoms in total. The van der Waals surface area contributed by atoms with Crippen molar-refractivity contribution in [3.05, 3.63) is 36.4 Å². The van der Waals surface area contributed by atoms with Gasteiger partial charge < -0.3 is 25.6 Å². The van der Waals surface area contributed by atoms with Crippen molar-refractivity contribution in [1.29, 1.82) is 0 Å². The lowest BCUT2D eigenvalue weighted by Gasteiger charge is -2.27. The Labute approximate surface area is 171 Å². The van der Waals surface area contributed by atoms with Crippen LogP contribution in [0.2, 0.25) is 0 Å². The van der Waals surface area contributed by atoms with E-state index in [1.807, 2.05) is 0 Å². The number of amides is 1. The lowest BCUT2D eigenvalue weighted by molar-refractivity contribution is -0.137. The first-order valence-corrected chi connectivity index (χ1v) is 10.4. The van der Waals surface area contributed by atoms with E-state index in [-0.39, 0.29) is 36.8 Å². The number of rotatable bonds is 11. The number of ether oxygens (including phenoxy) is 1. The van der Waals surface area contributed by atoms with Crippen LogP contribution in [0.3, 0.4) is 0 Å². The molecular formula is C22H30N2O5. The first-order valence-electron chi connectivity index (χ1n) is 10.4. The van der Waals surface area contributed by atoms with Crippen molar-refractivity contribution < 1.29 is 24.5 Å². The van der Waals surface area contributed by atoms with E-state index < -0.39 is 5.97 Å². The molecule has 2 saturated heterocycles. The summed E-state index contributed by atoms with van der Waals surface area (Å²) in [5, 5.41) is 24.4. The average molecular weight is 402 g/mol. The molecule has 1 aromatic rings. The van der Waals surface area contributed by atoms with Gasteiger partial charge in [-0.2, -0.15) is 0 Å². The highest BCUT2D eigenvalue weighted by molar-refractivity contribution is 5.93. The van der Waals surface area contributed by atoms with Gasteiger partial charge in [-0.05, 0) is 50.2 Å². The van der Waals surface area contributed by atoms with Gasteiger partial charge in [0.2, 0.25) is 5.91 Å². The SMILES string of the molecule is O=C(O)CCCC=CC[C@@H]1[C@H](CNCC(=O)Nc2ccccc2O)[C@@H]2CC[C@H]1O2. The zero-order chi connectivity index (χ0) is 20.6. The summed E-state index contributed by atoms with van der Waals surface area (Å²) >= 11 is 0. The average Bonchev–Trinajstić information content (AvgIpc) is 3.28. The van der Waals surface area contributed by atoms with Crippen LogP contribution < -0.4 is 10.6 Å². The minimum Gasteiger partial charge on any atom is -0.506 e. The van der Waals surface area contributed by atoms with E-state index in [0.717, 1.165) is 25.7 Å². The normalized spacial score (nSPS) is 25.5. The number of carboxylic acids is 1. The maximum absolute atomic E-state index is 12.1. The molecule has 2 bridgehead atoms. The lowest BCUT2D eigenvalue weighted by Crippen LogP contribution is -2.38. The van der Waals surface area contributed by atoms with Gasteiger partial charge in [0.1, 0.15) is 5.75 Å². The Morgan fingerprint density at radius 1 is 1.14 bits per heavy atom. The van der Waals surface area contributed by atoms with Gasteiger partial charge in [0.15, 0.2) is 0 Å². The van der Waals surface area contributed by atoms with Crippen LogP contribution in [0, 0.1) is 11.8 Å². The Bertz CT molecular complexity index is 736. The summed E-state index contributed by atoms with van der Waals surface area (Å²) in [6.07, 6.45) is 9.48. The number of carbonyl (C=O) groups excluding carboxylic acids is 1. The first-order chi connectivity index (χ1) is 14.0. The molecule has 7 heteroatoms. The predicted molar refractivity (Wildman–Crippen MR) is 110 cm³/mol. The molecule has 0 saturated carbocycles. The summed E-state index contributed by atoms with van der Waals surface area (Å²) in [6, 6.07) is 6.67.